The molecule has 4 heteroatoms. The molecule has 0 bridgehead atoms. The van der Waals surface area contributed by atoms with Crippen LogP contribution in [0.3, 0.4) is 0 Å². The molecule has 13 heavy (non-hydrogen) atoms. The van der Waals surface area contributed by atoms with Crippen LogP contribution in [0, 0.1) is 0 Å². The van der Waals surface area contributed by atoms with Crippen LogP contribution in [0.1, 0.15) is 18.6 Å². The Kier molecular flexibility index (Phi) is 2.84. The Bertz CT molecular complexity index is 299. The number of carbonyl (C=O) groups excluding carboxylic acids is 2. The molecule has 0 amide bonds. The van der Waals surface area contributed by atoms with Gasteiger partial charge in [-0.2, -0.15) is 0 Å². The Labute approximate surface area is 75.5 Å². The molecule has 0 aromatic carbocycles. The average Bonchev–Trinajstić information content (AvgIpc) is 2.56. The van der Waals surface area contributed by atoms with Gasteiger partial charge >= 0.3 is 5.97 Å². The molecule has 0 N–H and O–H groups in total. The van der Waals surface area contributed by atoms with E-state index in [1.54, 1.807) is 12.1 Å². The molecule has 0 aliphatic carbocycles. The first-order valence-corrected chi connectivity index (χ1v) is 3.78. The maximum Gasteiger partial charge on any atom is 0.324 e. The van der Waals surface area contributed by atoms with Crippen LogP contribution in [0.4, 0.5) is 0 Å². The van der Waals surface area contributed by atoms with Crippen LogP contribution in [0.25, 0.3) is 0 Å². The number of rotatable bonds is 3. The van der Waals surface area contributed by atoms with Crippen LogP contribution in [-0.2, 0) is 14.3 Å². The lowest BCUT2D eigenvalue weighted by Crippen LogP contribution is -2.20. The summed E-state index contributed by atoms with van der Waals surface area (Å²) >= 11 is 0. The molecule has 1 aromatic rings. The lowest BCUT2D eigenvalue weighted by Gasteiger charge is -2.07. The summed E-state index contributed by atoms with van der Waals surface area (Å²) in [7, 11) is 1.24. The summed E-state index contributed by atoms with van der Waals surface area (Å²) in [5.41, 5.74) is 0. The summed E-state index contributed by atoms with van der Waals surface area (Å²) in [4.78, 5) is 22.2. The number of hydrogen-bond acceptors (Lipinski definition) is 4. The minimum atomic E-state index is -0.931. The van der Waals surface area contributed by atoms with Crippen LogP contribution < -0.4 is 0 Å². The number of hydrogen-bond donors (Lipinski definition) is 0. The SMILES string of the molecule is COC(=O)C(C(C)=O)c1ccco1. The lowest BCUT2D eigenvalue weighted by atomic mass is 10.0. The predicted molar refractivity (Wildman–Crippen MR) is 44.1 cm³/mol. The molecular formula is C9H10O4. The largest absolute Gasteiger partial charge is 0.468 e. The monoisotopic (exact) mass is 182 g/mol. The van der Waals surface area contributed by atoms with E-state index in [2.05, 4.69) is 4.74 Å². The molecule has 0 radical (unpaired) electrons. The summed E-state index contributed by atoms with van der Waals surface area (Å²) in [6.45, 7) is 1.32. The molecule has 1 heterocycles. The maximum absolute atomic E-state index is 11.1. The zero-order chi connectivity index (χ0) is 9.84. The van der Waals surface area contributed by atoms with Gasteiger partial charge in [-0.15, -0.1) is 0 Å². The van der Waals surface area contributed by atoms with Gasteiger partial charge in [-0.05, 0) is 19.1 Å². The van der Waals surface area contributed by atoms with Crippen LogP contribution >= 0.6 is 0 Å². The van der Waals surface area contributed by atoms with E-state index in [0.29, 0.717) is 5.76 Å². The fourth-order valence-corrected chi connectivity index (χ4v) is 1.06. The smallest absolute Gasteiger partial charge is 0.324 e. The fraction of sp³-hybridized carbons (Fsp3) is 0.333. The van der Waals surface area contributed by atoms with E-state index in [4.69, 9.17) is 4.42 Å². The first-order valence-electron chi connectivity index (χ1n) is 3.78. The molecule has 0 spiro atoms. The Balaban J connectivity index is 2.93. The number of ketones is 1. The van der Waals surface area contributed by atoms with Crippen molar-refractivity contribution in [3.63, 3.8) is 0 Å². The molecule has 1 atom stereocenters. The number of methoxy groups -OCH3 is 1. The summed E-state index contributed by atoms with van der Waals surface area (Å²) in [6, 6.07) is 3.19. The van der Waals surface area contributed by atoms with E-state index in [0.717, 1.165) is 0 Å². The summed E-state index contributed by atoms with van der Waals surface area (Å²) < 4.78 is 9.44. The van der Waals surface area contributed by atoms with Gasteiger partial charge in [0.1, 0.15) is 5.76 Å². The summed E-state index contributed by atoms with van der Waals surface area (Å²) in [6.07, 6.45) is 1.41. The second kappa shape index (κ2) is 3.89. The van der Waals surface area contributed by atoms with Crippen LogP contribution in [-0.4, -0.2) is 18.9 Å². The number of carbonyl (C=O) groups is 2. The number of ether oxygens (including phenoxy) is 1. The van der Waals surface area contributed by atoms with Crippen molar-refractivity contribution in [3.8, 4) is 0 Å². The van der Waals surface area contributed by atoms with Crippen LogP contribution in [0.2, 0.25) is 0 Å². The number of furan rings is 1. The Morgan fingerprint density at radius 1 is 1.54 bits per heavy atom. The van der Waals surface area contributed by atoms with E-state index >= 15 is 0 Å². The van der Waals surface area contributed by atoms with Crippen molar-refractivity contribution in [2.75, 3.05) is 7.11 Å². The van der Waals surface area contributed by atoms with Crippen molar-refractivity contribution >= 4 is 11.8 Å². The topological polar surface area (TPSA) is 56.5 Å². The maximum atomic E-state index is 11.1. The predicted octanol–water partition coefficient (Wildman–Crippen LogP) is 1.13. The van der Waals surface area contributed by atoms with E-state index in [1.807, 2.05) is 0 Å². The minimum absolute atomic E-state index is 0.290. The summed E-state index contributed by atoms with van der Waals surface area (Å²) in [5.74, 6) is -1.50. The van der Waals surface area contributed by atoms with Crippen molar-refractivity contribution in [3.05, 3.63) is 24.2 Å². The highest BCUT2D eigenvalue weighted by Crippen LogP contribution is 2.18. The number of Topliss-reactive ketones (excluding diaryl/α,β-unsaturated/α-hetero) is 1. The molecule has 70 valence electrons. The molecule has 1 unspecified atom stereocenters. The number of esters is 1. The van der Waals surface area contributed by atoms with Crippen molar-refractivity contribution in [2.45, 2.75) is 12.8 Å². The third kappa shape index (κ3) is 1.96. The zero-order valence-corrected chi connectivity index (χ0v) is 7.44. The van der Waals surface area contributed by atoms with E-state index < -0.39 is 11.9 Å². The first-order chi connectivity index (χ1) is 6.16. The molecular weight excluding hydrogens is 172 g/mol. The molecule has 4 nitrogen and oxygen atoms in total. The molecule has 1 rings (SSSR count). The van der Waals surface area contributed by atoms with Crippen LogP contribution in [0.5, 0.6) is 0 Å². The van der Waals surface area contributed by atoms with Gasteiger partial charge in [-0.25, -0.2) is 0 Å². The van der Waals surface area contributed by atoms with Crippen molar-refractivity contribution in [2.24, 2.45) is 0 Å². The molecule has 0 fully saturated rings. The highest BCUT2D eigenvalue weighted by atomic mass is 16.5. The third-order valence-electron chi connectivity index (χ3n) is 1.67. The van der Waals surface area contributed by atoms with Gasteiger partial charge in [0.05, 0.1) is 13.4 Å². The quantitative estimate of drug-likeness (QED) is 0.519. The Morgan fingerprint density at radius 3 is 2.62 bits per heavy atom. The molecule has 1 aromatic heterocycles. The van der Waals surface area contributed by atoms with Gasteiger partial charge in [0.25, 0.3) is 0 Å². The van der Waals surface area contributed by atoms with Crippen LogP contribution in [0.15, 0.2) is 22.8 Å². The van der Waals surface area contributed by atoms with Crippen molar-refractivity contribution < 1.29 is 18.7 Å². The minimum Gasteiger partial charge on any atom is -0.468 e. The zero-order valence-electron chi connectivity index (χ0n) is 7.44. The first kappa shape index (κ1) is 9.51. The van der Waals surface area contributed by atoms with Gasteiger partial charge < -0.3 is 9.15 Å². The molecule has 0 aliphatic heterocycles. The Morgan fingerprint density at radius 2 is 2.23 bits per heavy atom. The van der Waals surface area contributed by atoms with Crippen molar-refractivity contribution in [1.82, 2.24) is 0 Å². The van der Waals surface area contributed by atoms with Gasteiger partial charge in [0.2, 0.25) is 0 Å². The van der Waals surface area contributed by atoms with Gasteiger partial charge in [-0.3, -0.25) is 9.59 Å². The molecule has 0 aliphatic rings. The normalized spacial score (nSPS) is 12.2. The second-order valence-corrected chi connectivity index (χ2v) is 2.58. The third-order valence-corrected chi connectivity index (χ3v) is 1.67. The standard InChI is InChI=1S/C9H10O4/c1-6(10)8(9(11)12-2)7-4-3-5-13-7/h3-5,8H,1-2H3. The van der Waals surface area contributed by atoms with Gasteiger partial charge in [0.15, 0.2) is 11.7 Å². The summed E-state index contributed by atoms with van der Waals surface area (Å²) in [5, 5.41) is 0. The van der Waals surface area contributed by atoms with E-state index in [-0.39, 0.29) is 5.78 Å². The highest BCUT2D eigenvalue weighted by molar-refractivity contribution is 6.02. The van der Waals surface area contributed by atoms with Gasteiger partial charge in [0, 0.05) is 0 Å². The van der Waals surface area contributed by atoms with Gasteiger partial charge in [-0.1, -0.05) is 0 Å². The fourth-order valence-electron chi connectivity index (χ4n) is 1.06. The molecule has 0 saturated heterocycles. The van der Waals surface area contributed by atoms with Crippen molar-refractivity contribution in [1.29, 1.82) is 0 Å². The van der Waals surface area contributed by atoms with E-state index in [9.17, 15) is 9.59 Å². The molecule has 0 saturated carbocycles. The second-order valence-electron chi connectivity index (χ2n) is 2.58. The average molecular weight is 182 g/mol. The lowest BCUT2D eigenvalue weighted by molar-refractivity contribution is -0.145. The van der Waals surface area contributed by atoms with E-state index in [1.165, 1.54) is 20.3 Å². The Hall–Kier alpha value is -1.58. The highest BCUT2D eigenvalue weighted by Gasteiger charge is 2.28.